The van der Waals surface area contributed by atoms with E-state index < -0.39 is 24.5 Å². The number of likely N-dealkylation sites (tertiary alicyclic amines) is 1. The van der Waals surface area contributed by atoms with Gasteiger partial charge >= 0.3 is 12.1 Å². The van der Waals surface area contributed by atoms with Crippen LogP contribution in [-0.2, 0) is 16.1 Å². The minimum absolute atomic E-state index is 0.0666. The van der Waals surface area contributed by atoms with E-state index >= 15 is 0 Å². The fourth-order valence-corrected chi connectivity index (χ4v) is 5.02. The van der Waals surface area contributed by atoms with E-state index in [1.807, 2.05) is 48.7 Å². The van der Waals surface area contributed by atoms with Gasteiger partial charge in [0.15, 0.2) is 0 Å². The Bertz CT molecular complexity index is 1520. The number of fused-ring (bicyclic) bond motifs is 1. The van der Waals surface area contributed by atoms with E-state index in [-0.39, 0.29) is 39.1 Å². The summed E-state index contributed by atoms with van der Waals surface area (Å²) in [6, 6.07) is 11.8. The lowest BCUT2D eigenvalue weighted by Gasteiger charge is -2.26. The van der Waals surface area contributed by atoms with Crippen molar-refractivity contribution >= 4 is 46.1 Å². The number of nitriles is 1. The molecule has 0 saturated carbocycles. The summed E-state index contributed by atoms with van der Waals surface area (Å²) in [5.41, 5.74) is 1.57. The van der Waals surface area contributed by atoms with Crippen molar-refractivity contribution in [1.82, 2.24) is 14.5 Å². The number of amides is 2. The third-order valence-electron chi connectivity index (χ3n) is 6.07. The molecular weight excluding hydrogens is 585 g/mol. The maximum Gasteiger partial charge on any atom is 0.490 e. The van der Waals surface area contributed by atoms with Crippen LogP contribution in [0.5, 0.6) is 0 Å². The van der Waals surface area contributed by atoms with Crippen LogP contribution in [0.3, 0.4) is 0 Å². The maximum absolute atomic E-state index is 13.1. The van der Waals surface area contributed by atoms with E-state index in [9.17, 15) is 36.8 Å². The molecule has 42 heavy (non-hydrogen) atoms. The Morgan fingerprint density at radius 1 is 1.21 bits per heavy atom. The molecule has 0 aliphatic carbocycles. The Labute approximate surface area is 240 Å². The van der Waals surface area contributed by atoms with Crippen molar-refractivity contribution in [2.75, 3.05) is 11.9 Å². The van der Waals surface area contributed by atoms with Crippen molar-refractivity contribution in [3.8, 4) is 6.07 Å². The SMILES string of the molecule is CC(C)/C=C(\C#N)C(=O)N1CCC[C@@H]1Cn1c(NC(=O)c2ccc(C(F)F)s2)nc2ccccc21.O=C(O)C(F)(F)F. The van der Waals surface area contributed by atoms with Gasteiger partial charge in [0.1, 0.15) is 11.6 Å². The number of halogens is 5. The quantitative estimate of drug-likeness (QED) is 0.191. The second-order valence-electron chi connectivity index (χ2n) is 9.53. The van der Waals surface area contributed by atoms with Gasteiger partial charge < -0.3 is 14.6 Å². The van der Waals surface area contributed by atoms with Gasteiger partial charge in [-0.25, -0.2) is 18.6 Å². The van der Waals surface area contributed by atoms with E-state index in [4.69, 9.17) is 9.90 Å². The molecule has 2 aromatic heterocycles. The van der Waals surface area contributed by atoms with Crippen LogP contribution in [0.25, 0.3) is 11.0 Å². The fraction of sp³-hybridized carbons (Fsp3) is 0.370. The number of aromatic nitrogens is 2. The van der Waals surface area contributed by atoms with E-state index in [0.29, 0.717) is 18.6 Å². The summed E-state index contributed by atoms with van der Waals surface area (Å²) in [6.45, 7) is 4.74. The van der Waals surface area contributed by atoms with Crippen molar-refractivity contribution in [3.05, 3.63) is 57.8 Å². The maximum atomic E-state index is 13.1. The standard InChI is InChI=1S/C25H25F2N5O2S.C2HF3O2/c1-15(2)12-16(13-28)24(34)31-11-5-6-17(31)14-32-19-8-4-3-7-18(19)29-25(32)30-23(33)21-10-9-20(35-21)22(26)27;3-2(4,5)1(6)7/h3-4,7-10,12,15,17,22H,5-6,11,14H2,1-2H3,(H,29,30,33);(H,6,7)/b16-12+;/t17-;/m1./s1. The summed E-state index contributed by atoms with van der Waals surface area (Å²) < 4.78 is 59.5. The van der Waals surface area contributed by atoms with Crippen molar-refractivity contribution in [2.24, 2.45) is 5.92 Å². The van der Waals surface area contributed by atoms with Crippen LogP contribution in [0.2, 0.25) is 0 Å². The van der Waals surface area contributed by atoms with Crippen LogP contribution in [0.1, 0.15) is 47.7 Å². The zero-order valence-electron chi connectivity index (χ0n) is 22.4. The highest BCUT2D eigenvalue weighted by molar-refractivity contribution is 7.14. The monoisotopic (exact) mass is 611 g/mol. The first-order valence-electron chi connectivity index (χ1n) is 12.6. The highest BCUT2D eigenvalue weighted by Gasteiger charge is 2.38. The second-order valence-corrected chi connectivity index (χ2v) is 10.6. The molecule has 0 radical (unpaired) electrons. The smallest absolute Gasteiger partial charge is 0.475 e. The first-order valence-corrected chi connectivity index (χ1v) is 13.4. The van der Waals surface area contributed by atoms with Gasteiger partial charge in [-0.15, -0.1) is 11.3 Å². The Hall–Kier alpha value is -4.32. The first-order chi connectivity index (χ1) is 19.7. The van der Waals surface area contributed by atoms with Crippen molar-refractivity contribution in [2.45, 2.75) is 51.9 Å². The Morgan fingerprint density at radius 3 is 2.45 bits per heavy atom. The Kier molecular flexibility index (Phi) is 10.4. The molecule has 4 rings (SSSR count). The number of alkyl halides is 5. The van der Waals surface area contributed by atoms with Gasteiger partial charge in [0, 0.05) is 13.1 Å². The van der Waals surface area contributed by atoms with Crippen LogP contribution in [-0.4, -0.2) is 56.1 Å². The Balaban J connectivity index is 0.000000616. The number of rotatable bonds is 7. The number of carboxylic acid groups (broad SMARTS) is 1. The predicted octanol–water partition coefficient (Wildman–Crippen LogP) is 6.02. The zero-order valence-corrected chi connectivity index (χ0v) is 23.2. The number of nitrogens with one attached hydrogen (secondary N) is 1. The molecule has 3 heterocycles. The van der Waals surface area contributed by atoms with Gasteiger partial charge in [0.05, 0.1) is 26.8 Å². The van der Waals surface area contributed by atoms with Crippen molar-refractivity contribution in [3.63, 3.8) is 0 Å². The van der Waals surface area contributed by atoms with E-state index in [1.54, 1.807) is 11.0 Å². The number of allylic oxidation sites excluding steroid dienone is 1. The summed E-state index contributed by atoms with van der Waals surface area (Å²) in [5.74, 6) is -3.23. The average molecular weight is 612 g/mol. The number of anilines is 1. The fourth-order valence-electron chi connectivity index (χ4n) is 4.26. The van der Waals surface area contributed by atoms with Gasteiger partial charge in [0.2, 0.25) is 5.95 Å². The molecule has 15 heteroatoms. The number of carbonyl (C=O) groups is 3. The van der Waals surface area contributed by atoms with Crippen LogP contribution in [0.4, 0.5) is 27.9 Å². The molecule has 3 aromatic rings. The third-order valence-corrected chi connectivity index (χ3v) is 7.16. The molecule has 1 aliphatic rings. The number of imidazole rings is 1. The summed E-state index contributed by atoms with van der Waals surface area (Å²) in [4.78, 5) is 41.1. The largest absolute Gasteiger partial charge is 0.490 e. The second kappa shape index (κ2) is 13.6. The lowest BCUT2D eigenvalue weighted by Crippen LogP contribution is -2.39. The molecule has 1 aromatic carbocycles. The minimum atomic E-state index is -5.08. The molecule has 1 saturated heterocycles. The summed E-state index contributed by atoms with van der Waals surface area (Å²) in [5, 5.41) is 19.4. The van der Waals surface area contributed by atoms with E-state index in [0.717, 1.165) is 29.7 Å². The van der Waals surface area contributed by atoms with Crippen LogP contribution in [0.15, 0.2) is 48.0 Å². The lowest BCUT2D eigenvalue weighted by atomic mass is 10.1. The molecule has 2 amide bonds. The van der Waals surface area contributed by atoms with Gasteiger partial charge in [-0.05, 0) is 43.0 Å². The zero-order chi connectivity index (χ0) is 31.2. The number of nitrogens with zero attached hydrogens (tertiary/aromatic N) is 4. The molecule has 0 unspecified atom stereocenters. The lowest BCUT2D eigenvalue weighted by molar-refractivity contribution is -0.192. The molecular formula is C27H26F5N5O4S. The molecule has 224 valence electrons. The summed E-state index contributed by atoms with van der Waals surface area (Å²) in [7, 11) is 0. The number of benzene rings is 1. The number of para-hydroxylation sites is 2. The van der Waals surface area contributed by atoms with Gasteiger partial charge in [0.25, 0.3) is 18.2 Å². The number of hydrogen-bond acceptors (Lipinski definition) is 6. The Morgan fingerprint density at radius 2 is 1.88 bits per heavy atom. The minimum Gasteiger partial charge on any atom is -0.475 e. The molecule has 1 fully saturated rings. The number of carboxylic acids is 1. The topological polar surface area (TPSA) is 128 Å². The van der Waals surface area contributed by atoms with Crippen molar-refractivity contribution < 1.29 is 41.4 Å². The van der Waals surface area contributed by atoms with Crippen LogP contribution >= 0.6 is 11.3 Å². The number of aliphatic carboxylic acids is 1. The highest BCUT2D eigenvalue weighted by Crippen LogP contribution is 2.29. The van der Waals surface area contributed by atoms with Gasteiger partial charge in [-0.2, -0.15) is 18.4 Å². The predicted molar refractivity (Wildman–Crippen MR) is 144 cm³/mol. The average Bonchev–Trinajstić information content (AvgIpc) is 3.66. The van der Waals surface area contributed by atoms with E-state index in [2.05, 4.69) is 10.3 Å². The van der Waals surface area contributed by atoms with E-state index in [1.165, 1.54) is 12.1 Å². The van der Waals surface area contributed by atoms with Crippen LogP contribution in [0, 0.1) is 17.2 Å². The van der Waals surface area contributed by atoms with Gasteiger partial charge in [-0.3, -0.25) is 14.9 Å². The third kappa shape index (κ3) is 7.90. The summed E-state index contributed by atoms with van der Waals surface area (Å²) in [6.07, 6.45) is -4.50. The highest BCUT2D eigenvalue weighted by atomic mass is 32.1. The van der Waals surface area contributed by atoms with Crippen molar-refractivity contribution in [1.29, 1.82) is 5.26 Å². The van der Waals surface area contributed by atoms with Gasteiger partial charge in [-0.1, -0.05) is 32.1 Å². The molecule has 9 nitrogen and oxygen atoms in total. The number of hydrogen-bond donors (Lipinski definition) is 2. The molecule has 0 bridgehead atoms. The number of thiophene rings is 1. The molecule has 1 aliphatic heterocycles. The first kappa shape index (κ1) is 32.2. The number of carbonyl (C=O) groups excluding carboxylic acids is 2. The normalized spacial score (nSPS) is 15.5. The molecule has 2 N–H and O–H groups in total. The summed E-state index contributed by atoms with van der Waals surface area (Å²) >= 11 is 0.740. The molecule has 0 spiro atoms. The molecule has 1 atom stereocenters. The van der Waals surface area contributed by atoms with Crippen LogP contribution < -0.4 is 5.32 Å².